The van der Waals surface area contributed by atoms with E-state index in [9.17, 15) is 13.7 Å². The van der Waals surface area contributed by atoms with E-state index in [0.29, 0.717) is 44.6 Å². The fourth-order valence-corrected chi connectivity index (χ4v) is 4.14. The van der Waals surface area contributed by atoms with Crippen LogP contribution in [-0.4, -0.2) is 24.5 Å². The zero-order chi connectivity index (χ0) is 23.7. The lowest BCUT2D eigenvalue weighted by molar-refractivity contribution is 0.302. The Kier molecular flexibility index (Phi) is 6.05. The van der Waals surface area contributed by atoms with Crippen LogP contribution in [0.2, 0.25) is 5.02 Å². The number of nitrogens with zero attached hydrogens (tertiary/aromatic N) is 3. The molecule has 0 amide bonds. The van der Waals surface area contributed by atoms with Crippen LogP contribution in [0.5, 0.6) is 17.2 Å². The molecule has 0 atom stereocenters. The first-order valence-corrected chi connectivity index (χ1v) is 12.3. The van der Waals surface area contributed by atoms with Crippen LogP contribution in [0.25, 0.3) is 22.2 Å². The van der Waals surface area contributed by atoms with Crippen LogP contribution < -0.4 is 9.47 Å². The fourth-order valence-electron chi connectivity index (χ4n) is 3.47. The zero-order valence-corrected chi connectivity index (χ0v) is 19.4. The topological polar surface area (TPSA) is 102 Å². The average molecular weight is 492 g/mol. The molecular formula is C25H18ClN3O4S. The molecule has 0 N–H and O–H groups in total. The summed E-state index contributed by atoms with van der Waals surface area (Å²) in [4.78, 5) is 8.69. The Bertz CT molecular complexity index is 1500. The summed E-state index contributed by atoms with van der Waals surface area (Å²) in [5.41, 5.74) is 3.96. The first-order valence-electron chi connectivity index (χ1n) is 10.5. The third-order valence-electron chi connectivity index (χ3n) is 5.25. The van der Waals surface area contributed by atoms with Gasteiger partial charge in [-0.15, -0.1) is 0 Å². The molecule has 34 heavy (non-hydrogen) atoms. The first kappa shape index (κ1) is 22.1. The average Bonchev–Trinajstić information content (AvgIpc) is 3.65. The molecule has 1 fully saturated rings. The molecule has 1 aliphatic rings. The van der Waals surface area contributed by atoms with Crippen LogP contribution >= 0.6 is 11.6 Å². The Labute approximate surface area is 202 Å². The molecule has 4 aromatic rings. The largest absolute Gasteiger partial charge is 0.487 e. The van der Waals surface area contributed by atoms with Crippen molar-refractivity contribution in [2.24, 2.45) is 0 Å². The molecule has 5 rings (SSSR count). The van der Waals surface area contributed by atoms with Crippen molar-refractivity contribution in [2.45, 2.75) is 24.7 Å². The van der Waals surface area contributed by atoms with Crippen molar-refractivity contribution in [1.82, 2.24) is 9.97 Å². The van der Waals surface area contributed by atoms with Gasteiger partial charge in [-0.25, -0.2) is 13.4 Å². The predicted octanol–water partition coefficient (Wildman–Crippen LogP) is 5.27. The number of aromatic nitrogens is 2. The number of rotatable bonds is 7. The van der Waals surface area contributed by atoms with Crippen molar-refractivity contribution >= 4 is 33.3 Å². The molecule has 9 heteroatoms. The number of hydrogen-bond donors (Lipinski definition) is 1. The van der Waals surface area contributed by atoms with E-state index in [1.807, 2.05) is 42.5 Å². The molecule has 0 unspecified atom stereocenters. The summed E-state index contributed by atoms with van der Waals surface area (Å²) in [6.45, 7) is 0. The number of thiol groups is 1. The molecular weight excluding hydrogens is 474 g/mol. The van der Waals surface area contributed by atoms with Crippen LogP contribution in [0, 0.1) is 11.3 Å². The van der Waals surface area contributed by atoms with Crippen molar-refractivity contribution in [3.8, 4) is 34.4 Å². The van der Waals surface area contributed by atoms with E-state index in [2.05, 4.69) is 16.0 Å². The van der Waals surface area contributed by atoms with Gasteiger partial charge in [-0.3, -0.25) is 4.98 Å². The monoisotopic (exact) mass is 491 g/mol. The minimum absolute atomic E-state index is 0.126. The van der Waals surface area contributed by atoms with E-state index < -0.39 is 10.7 Å². The number of ether oxygens (including phenoxy) is 2. The predicted molar refractivity (Wildman–Crippen MR) is 129 cm³/mol. The standard InChI is InChI=1S/C25H18ClN3O4S/c26-22-11-21(9-17(12-27)25(22)33-20-6-7-20)32-19-4-1-15(2-5-19)16-3-8-23-24(10-16)28-13-18(29-23)14-34(30)31/h1-5,8-11,13,20,34H,6-7,14H2. The molecule has 0 radical (unpaired) electrons. The maximum Gasteiger partial charge on any atom is 0.156 e. The van der Waals surface area contributed by atoms with Crippen molar-refractivity contribution in [3.63, 3.8) is 0 Å². The Morgan fingerprint density at radius 1 is 1.00 bits per heavy atom. The van der Waals surface area contributed by atoms with Gasteiger partial charge < -0.3 is 9.47 Å². The number of nitriles is 1. The highest BCUT2D eigenvalue weighted by Crippen LogP contribution is 2.38. The number of hydrogen-bond acceptors (Lipinski definition) is 7. The van der Waals surface area contributed by atoms with Gasteiger partial charge in [-0.05, 0) is 48.2 Å². The van der Waals surface area contributed by atoms with Crippen molar-refractivity contribution in [1.29, 1.82) is 5.26 Å². The van der Waals surface area contributed by atoms with Crippen LogP contribution in [-0.2, 0) is 16.5 Å². The van der Waals surface area contributed by atoms with E-state index in [0.717, 1.165) is 24.0 Å². The molecule has 7 nitrogen and oxygen atoms in total. The van der Waals surface area contributed by atoms with E-state index in [1.165, 1.54) is 6.20 Å². The van der Waals surface area contributed by atoms with Gasteiger partial charge in [0.1, 0.15) is 28.3 Å². The van der Waals surface area contributed by atoms with Gasteiger partial charge in [0.15, 0.2) is 5.75 Å². The Morgan fingerprint density at radius 3 is 2.47 bits per heavy atom. The second-order valence-corrected chi connectivity index (χ2v) is 9.28. The summed E-state index contributed by atoms with van der Waals surface area (Å²) in [6, 6.07) is 18.5. The van der Waals surface area contributed by atoms with Crippen molar-refractivity contribution in [3.05, 3.63) is 77.1 Å². The van der Waals surface area contributed by atoms with Gasteiger partial charge in [0.2, 0.25) is 0 Å². The van der Waals surface area contributed by atoms with Gasteiger partial charge in [-0.1, -0.05) is 29.8 Å². The molecule has 0 aliphatic heterocycles. The quantitative estimate of drug-likeness (QED) is 0.351. The van der Waals surface area contributed by atoms with Crippen LogP contribution in [0.4, 0.5) is 0 Å². The molecule has 1 heterocycles. The van der Waals surface area contributed by atoms with Crippen molar-refractivity contribution < 1.29 is 17.9 Å². The summed E-state index contributed by atoms with van der Waals surface area (Å²) in [6.07, 6.45) is 3.56. The molecule has 0 saturated heterocycles. The highest BCUT2D eigenvalue weighted by molar-refractivity contribution is 7.71. The van der Waals surface area contributed by atoms with Crippen LogP contribution in [0.1, 0.15) is 24.1 Å². The zero-order valence-electron chi connectivity index (χ0n) is 17.8. The van der Waals surface area contributed by atoms with E-state index >= 15 is 0 Å². The smallest absolute Gasteiger partial charge is 0.156 e. The molecule has 0 bridgehead atoms. The van der Waals surface area contributed by atoms with Gasteiger partial charge in [0.05, 0.1) is 45.4 Å². The van der Waals surface area contributed by atoms with Gasteiger partial charge >= 0.3 is 0 Å². The van der Waals surface area contributed by atoms with E-state index in [-0.39, 0.29) is 11.9 Å². The van der Waals surface area contributed by atoms with Gasteiger partial charge in [0.25, 0.3) is 0 Å². The number of halogens is 1. The molecule has 1 saturated carbocycles. The third kappa shape index (κ3) is 4.96. The lowest BCUT2D eigenvalue weighted by Gasteiger charge is -2.12. The molecule has 1 aromatic heterocycles. The van der Waals surface area contributed by atoms with E-state index in [1.54, 1.807) is 12.1 Å². The summed E-state index contributed by atoms with van der Waals surface area (Å²) < 4.78 is 33.5. The Hall–Kier alpha value is -3.67. The summed E-state index contributed by atoms with van der Waals surface area (Å²) in [5.74, 6) is 1.33. The first-order chi connectivity index (χ1) is 16.5. The molecule has 0 spiro atoms. The highest BCUT2D eigenvalue weighted by Gasteiger charge is 2.26. The summed E-state index contributed by atoms with van der Waals surface area (Å²) >= 11 is 6.34. The molecule has 170 valence electrons. The normalized spacial score (nSPS) is 13.1. The maximum atomic E-state index is 10.9. The highest BCUT2D eigenvalue weighted by atomic mass is 35.5. The van der Waals surface area contributed by atoms with Crippen LogP contribution in [0.3, 0.4) is 0 Å². The fraction of sp³-hybridized carbons (Fsp3) is 0.160. The molecule has 1 aliphatic carbocycles. The minimum Gasteiger partial charge on any atom is -0.487 e. The SMILES string of the molecule is N#Cc1cc(Oc2ccc(-c3ccc4nc(C[SH](=O)=O)cnc4c3)cc2)cc(Cl)c1OC1CC1. The van der Waals surface area contributed by atoms with E-state index in [4.69, 9.17) is 21.1 Å². The molecule has 3 aromatic carbocycles. The second kappa shape index (κ2) is 9.29. The lowest BCUT2D eigenvalue weighted by atomic mass is 10.0. The lowest BCUT2D eigenvalue weighted by Crippen LogP contribution is -1.99. The Balaban J connectivity index is 1.35. The maximum absolute atomic E-state index is 10.9. The second-order valence-electron chi connectivity index (χ2n) is 7.89. The Morgan fingerprint density at radius 2 is 1.76 bits per heavy atom. The van der Waals surface area contributed by atoms with Crippen LogP contribution in [0.15, 0.2) is 60.8 Å². The van der Waals surface area contributed by atoms with Gasteiger partial charge in [0, 0.05) is 12.1 Å². The third-order valence-corrected chi connectivity index (χ3v) is 6.12. The number of fused-ring (bicyclic) bond motifs is 1. The van der Waals surface area contributed by atoms with Gasteiger partial charge in [-0.2, -0.15) is 5.26 Å². The minimum atomic E-state index is -2.55. The summed E-state index contributed by atoms with van der Waals surface area (Å²) in [5, 5.41) is 9.82. The number of benzene rings is 3. The van der Waals surface area contributed by atoms with Crippen molar-refractivity contribution in [2.75, 3.05) is 0 Å². The summed E-state index contributed by atoms with van der Waals surface area (Å²) in [7, 11) is -2.55.